The highest BCUT2D eigenvalue weighted by Gasteiger charge is 2.15. The van der Waals surface area contributed by atoms with Crippen LogP contribution in [0, 0.1) is 10.1 Å². The molecule has 0 saturated heterocycles. The van der Waals surface area contributed by atoms with Crippen LogP contribution < -0.4 is 0 Å². The van der Waals surface area contributed by atoms with Crippen LogP contribution >= 0.6 is 11.6 Å². The van der Waals surface area contributed by atoms with E-state index in [4.69, 9.17) is 11.6 Å². The van der Waals surface area contributed by atoms with Gasteiger partial charge in [-0.1, -0.05) is 0 Å². The number of hydrogen-bond donors (Lipinski definition) is 0. The molecule has 0 amide bonds. The minimum atomic E-state index is -0.526. The Morgan fingerprint density at radius 3 is 2.83 bits per heavy atom. The first-order valence-corrected chi connectivity index (χ1v) is 3.99. The molecule has 1 aromatic rings. The highest BCUT2D eigenvalue weighted by Crippen LogP contribution is 2.13. The lowest BCUT2D eigenvalue weighted by molar-refractivity contribution is -0.389. The number of aromatic nitrogens is 2. The Bertz CT molecular complexity index is 275. The normalized spacial score (nSPS) is 10.2. The van der Waals surface area contributed by atoms with Gasteiger partial charge >= 0.3 is 5.82 Å². The van der Waals surface area contributed by atoms with E-state index in [0.717, 1.165) is 0 Å². The molecule has 5 nitrogen and oxygen atoms in total. The van der Waals surface area contributed by atoms with Gasteiger partial charge in [-0.2, -0.15) is 4.68 Å². The summed E-state index contributed by atoms with van der Waals surface area (Å²) < 4.78 is 1.52. The van der Waals surface area contributed by atoms with Crippen molar-refractivity contribution in [1.82, 2.24) is 9.78 Å². The lowest BCUT2D eigenvalue weighted by Crippen LogP contribution is -2.00. The Balaban J connectivity index is 3.05. The zero-order valence-corrected chi connectivity index (χ0v) is 7.28. The minimum absolute atomic E-state index is 0.146. The quantitative estimate of drug-likeness (QED) is 0.412. The predicted molar refractivity (Wildman–Crippen MR) is 44.1 cm³/mol. The molecule has 0 radical (unpaired) electrons. The number of halogens is 1. The Kier molecular flexibility index (Phi) is 2.65. The molecule has 0 N–H and O–H groups in total. The molecule has 66 valence electrons. The highest BCUT2D eigenvalue weighted by atomic mass is 35.5. The van der Waals surface area contributed by atoms with Gasteiger partial charge in [0, 0.05) is 0 Å². The molecule has 1 heterocycles. The zero-order valence-electron chi connectivity index (χ0n) is 6.53. The molecule has 6 heteroatoms. The maximum absolute atomic E-state index is 10.3. The molecule has 0 unspecified atom stereocenters. The van der Waals surface area contributed by atoms with Gasteiger partial charge in [-0.05, 0) is 11.8 Å². The van der Waals surface area contributed by atoms with Crippen LogP contribution in [0.5, 0.6) is 0 Å². The molecule has 0 aliphatic heterocycles. The fourth-order valence-corrected chi connectivity index (χ4v) is 1.13. The largest absolute Gasteiger partial charge is 0.390 e. The van der Waals surface area contributed by atoms with Crippen molar-refractivity contribution in [3.8, 4) is 0 Å². The first-order valence-electron chi connectivity index (χ1n) is 3.46. The average Bonchev–Trinajstić information content (AvgIpc) is 2.46. The van der Waals surface area contributed by atoms with E-state index < -0.39 is 4.92 Å². The summed E-state index contributed by atoms with van der Waals surface area (Å²) in [5.74, 6) is 0.0989. The molecule has 0 spiro atoms. The number of nitrogens with zero attached hydrogens (tertiary/aromatic N) is 3. The van der Waals surface area contributed by atoms with Gasteiger partial charge in [0.15, 0.2) is 0 Å². The van der Waals surface area contributed by atoms with Crippen molar-refractivity contribution < 1.29 is 4.92 Å². The van der Waals surface area contributed by atoms with Gasteiger partial charge in [0.1, 0.15) is 0 Å². The number of aryl methyl sites for hydroxylation is 1. The summed E-state index contributed by atoms with van der Waals surface area (Å²) in [5.41, 5.74) is 0.672. The van der Waals surface area contributed by atoms with Crippen molar-refractivity contribution in [3.05, 3.63) is 21.9 Å². The predicted octanol–water partition coefficient (Wildman–Crippen LogP) is 1.55. The third-order valence-electron chi connectivity index (χ3n) is 1.47. The van der Waals surface area contributed by atoms with Gasteiger partial charge < -0.3 is 10.1 Å². The second-order valence-corrected chi connectivity index (χ2v) is 2.47. The van der Waals surface area contributed by atoms with Crippen molar-refractivity contribution >= 4 is 17.4 Å². The van der Waals surface area contributed by atoms with Crippen LogP contribution in [0.15, 0.2) is 6.07 Å². The van der Waals surface area contributed by atoms with Gasteiger partial charge in [0.25, 0.3) is 0 Å². The summed E-state index contributed by atoms with van der Waals surface area (Å²) in [6.45, 7) is 2.45. The van der Waals surface area contributed by atoms with Crippen LogP contribution in [0.4, 0.5) is 5.82 Å². The second-order valence-electron chi connectivity index (χ2n) is 2.20. The van der Waals surface area contributed by atoms with Crippen molar-refractivity contribution in [2.45, 2.75) is 19.3 Å². The van der Waals surface area contributed by atoms with Crippen LogP contribution in [0.1, 0.15) is 12.6 Å². The van der Waals surface area contributed by atoms with Crippen molar-refractivity contribution in [2.75, 3.05) is 0 Å². The Labute approximate surface area is 74.1 Å². The van der Waals surface area contributed by atoms with E-state index in [-0.39, 0.29) is 11.7 Å². The number of hydrogen-bond acceptors (Lipinski definition) is 3. The SMILES string of the molecule is CCn1nc([N+](=O)[O-])cc1CCl. The van der Waals surface area contributed by atoms with Gasteiger partial charge in [0.2, 0.25) is 0 Å². The number of alkyl halides is 1. The maximum atomic E-state index is 10.3. The van der Waals surface area contributed by atoms with Gasteiger partial charge in [0.05, 0.1) is 29.3 Å². The van der Waals surface area contributed by atoms with Gasteiger partial charge in [-0.3, -0.25) is 0 Å². The van der Waals surface area contributed by atoms with E-state index in [1.54, 1.807) is 0 Å². The molecule has 0 fully saturated rings. The molecule has 0 atom stereocenters. The van der Waals surface area contributed by atoms with Crippen molar-refractivity contribution in [3.63, 3.8) is 0 Å². The summed E-state index contributed by atoms with van der Waals surface area (Å²) in [6.07, 6.45) is 0. The maximum Gasteiger partial charge on any atom is 0.390 e. The first-order chi connectivity index (χ1) is 5.69. The zero-order chi connectivity index (χ0) is 9.14. The molecule has 0 aliphatic rings. The molecule has 0 aliphatic carbocycles. The van der Waals surface area contributed by atoms with Crippen LogP contribution in [-0.2, 0) is 12.4 Å². The molecule has 12 heavy (non-hydrogen) atoms. The van der Waals surface area contributed by atoms with Gasteiger partial charge in [-0.15, -0.1) is 11.6 Å². The molecule has 0 bridgehead atoms. The van der Waals surface area contributed by atoms with Crippen molar-refractivity contribution in [2.24, 2.45) is 0 Å². The molecule has 1 aromatic heterocycles. The average molecular weight is 190 g/mol. The van der Waals surface area contributed by atoms with Crippen LogP contribution in [0.3, 0.4) is 0 Å². The number of nitro groups is 1. The Morgan fingerprint density at radius 2 is 2.50 bits per heavy atom. The highest BCUT2D eigenvalue weighted by molar-refractivity contribution is 6.16. The van der Waals surface area contributed by atoms with E-state index in [0.29, 0.717) is 12.2 Å². The number of rotatable bonds is 3. The smallest absolute Gasteiger partial charge is 0.358 e. The Hall–Kier alpha value is -1.10. The molecular weight excluding hydrogens is 182 g/mol. The second kappa shape index (κ2) is 3.53. The minimum Gasteiger partial charge on any atom is -0.358 e. The topological polar surface area (TPSA) is 61.0 Å². The van der Waals surface area contributed by atoms with E-state index in [9.17, 15) is 10.1 Å². The van der Waals surface area contributed by atoms with Crippen molar-refractivity contribution in [1.29, 1.82) is 0 Å². The molecular formula is C6H8ClN3O2. The van der Waals surface area contributed by atoms with Crippen LogP contribution in [0.25, 0.3) is 0 Å². The summed E-state index contributed by atoms with van der Waals surface area (Å²) in [6, 6.07) is 1.39. The molecule has 0 aromatic carbocycles. The summed E-state index contributed by atoms with van der Waals surface area (Å²) in [5, 5.41) is 14.0. The standard InChI is InChI=1S/C6H8ClN3O2/c1-2-9-5(4-7)3-6(8-9)10(11)12/h3H,2,4H2,1H3. The summed E-state index contributed by atoms with van der Waals surface area (Å²) in [4.78, 5) is 9.76. The third-order valence-corrected chi connectivity index (χ3v) is 1.75. The van der Waals surface area contributed by atoms with Crippen LogP contribution in [0.2, 0.25) is 0 Å². The molecule has 1 rings (SSSR count). The lowest BCUT2D eigenvalue weighted by atomic mass is 10.4. The first kappa shape index (κ1) is 8.99. The fourth-order valence-electron chi connectivity index (χ4n) is 0.911. The lowest BCUT2D eigenvalue weighted by Gasteiger charge is -1.91. The van der Waals surface area contributed by atoms with Gasteiger partial charge in [-0.25, -0.2) is 0 Å². The molecule has 0 saturated carbocycles. The monoisotopic (exact) mass is 189 g/mol. The van der Waals surface area contributed by atoms with E-state index in [2.05, 4.69) is 5.10 Å². The summed E-state index contributed by atoms with van der Waals surface area (Å²) >= 11 is 5.55. The Morgan fingerprint density at radius 1 is 1.83 bits per heavy atom. The van der Waals surface area contributed by atoms with E-state index >= 15 is 0 Å². The third kappa shape index (κ3) is 1.55. The van der Waals surface area contributed by atoms with E-state index in [1.165, 1.54) is 10.7 Å². The van der Waals surface area contributed by atoms with Crippen LogP contribution in [-0.4, -0.2) is 14.7 Å². The van der Waals surface area contributed by atoms with E-state index in [1.807, 2.05) is 6.92 Å². The summed E-state index contributed by atoms with van der Waals surface area (Å²) in [7, 11) is 0. The fraction of sp³-hybridized carbons (Fsp3) is 0.500.